The summed E-state index contributed by atoms with van der Waals surface area (Å²) in [6.45, 7) is 3.53. The Labute approximate surface area is 96.0 Å². The second-order valence-electron chi connectivity index (χ2n) is 3.91. The van der Waals surface area contributed by atoms with Crippen LogP contribution in [-0.4, -0.2) is 55.7 Å². The molecule has 2 amide bonds. The number of carboxylic acid groups (broad SMARTS) is 1. The molecule has 0 aliphatic heterocycles. The Balaban J connectivity index is 3.74. The van der Waals surface area contributed by atoms with Crippen LogP contribution in [0.25, 0.3) is 0 Å². The molecule has 0 rings (SSSR count). The Hall–Kier alpha value is -1.30. The lowest BCUT2D eigenvalue weighted by Crippen LogP contribution is -2.41. The molecule has 1 unspecified atom stereocenters. The molecule has 0 fully saturated rings. The first kappa shape index (κ1) is 14.7. The van der Waals surface area contributed by atoms with Crippen LogP contribution in [0.5, 0.6) is 0 Å². The van der Waals surface area contributed by atoms with E-state index in [1.165, 1.54) is 0 Å². The minimum atomic E-state index is -0.842. The van der Waals surface area contributed by atoms with Crippen molar-refractivity contribution in [2.45, 2.75) is 13.3 Å². The summed E-state index contributed by atoms with van der Waals surface area (Å²) >= 11 is 0. The van der Waals surface area contributed by atoms with Gasteiger partial charge in [0.2, 0.25) is 0 Å². The van der Waals surface area contributed by atoms with E-state index in [9.17, 15) is 9.59 Å². The van der Waals surface area contributed by atoms with Crippen molar-refractivity contribution in [1.82, 2.24) is 15.5 Å². The van der Waals surface area contributed by atoms with Crippen molar-refractivity contribution < 1.29 is 14.7 Å². The van der Waals surface area contributed by atoms with Crippen molar-refractivity contribution >= 4 is 12.0 Å². The Morgan fingerprint density at radius 2 is 2.06 bits per heavy atom. The third kappa shape index (κ3) is 7.05. The highest BCUT2D eigenvalue weighted by molar-refractivity contribution is 5.74. The van der Waals surface area contributed by atoms with Crippen molar-refractivity contribution in [1.29, 1.82) is 0 Å². The molecule has 0 saturated carbocycles. The minimum Gasteiger partial charge on any atom is -0.481 e. The Morgan fingerprint density at radius 1 is 1.44 bits per heavy atom. The van der Waals surface area contributed by atoms with Crippen LogP contribution in [0.2, 0.25) is 0 Å². The van der Waals surface area contributed by atoms with Crippen molar-refractivity contribution in [2.24, 2.45) is 5.92 Å². The molecular weight excluding hydrogens is 210 g/mol. The van der Waals surface area contributed by atoms with Gasteiger partial charge in [0, 0.05) is 33.1 Å². The van der Waals surface area contributed by atoms with Gasteiger partial charge in [-0.15, -0.1) is 0 Å². The Morgan fingerprint density at radius 3 is 2.56 bits per heavy atom. The molecule has 0 aromatic carbocycles. The molecule has 0 spiro atoms. The van der Waals surface area contributed by atoms with Gasteiger partial charge in [0.05, 0.1) is 0 Å². The molecule has 0 aromatic heterocycles. The van der Waals surface area contributed by atoms with Gasteiger partial charge in [-0.3, -0.25) is 4.79 Å². The number of likely N-dealkylation sites (N-methyl/N-ethyl adjacent to an activating group) is 2. The zero-order valence-electron chi connectivity index (χ0n) is 10.1. The molecular formula is C10H21N3O3. The van der Waals surface area contributed by atoms with E-state index in [2.05, 4.69) is 10.6 Å². The second-order valence-corrected chi connectivity index (χ2v) is 3.91. The van der Waals surface area contributed by atoms with E-state index >= 15 is 0 Å². The van der Waals surface area contributed by atoms with Crippen LogP contribution in [0.1, 0.15) is 13.3 Å². The molecule has 0 aliphatic carbocycles. The first-order valence-electron chi connectivity index (χ1n) is 5.32. The van der Waals surface area contributed by atoms with Crippen LogP contribution >= 0.6 is 0 Å². The number of carboxylic acids is 1. The number of urea groups is 1. The number of carbonyl (C=O) groups is 2. The largest absolute Gasteiger partial charge is 0.481 e. The fraction of sp³-hybridized carbons (Fsp3) is 0.800. The molecule has 0 radical (unpaired) electrons. The van der Waals surface area contributed by atoms with E-state index in [4.69, 9.17) is 5.11 Å². The van der Waals surface area contributed by atoms with Gasteiger partial charge in [-0.2, -0.15) is 0 Å². The van der Waals surface area contributed by atoms with Gasteiger partial charge < -0.3 is 20.6 Å². The molecule has 6 heteroatoms. The third-order valence-corrected chi connectivity index (χ3v) is 2.17. The van der Waals surface area contributed by atoms with Gasteiger partial charge in [0.25, 0.3) is 0 Å². The van der Waals surface area contributed by atoms with Crippen LogP contribution in [0, 0.1) is 5.92 Å². The average molecular weight is 231 g/mol. The van der Waals surface area contributed by atoms with Crippen molar-refractivity contribution in [3.63, 3.8) is 0 Å². The maximum atomic E-state index is 11.5. The normalized spacial score (nSPS) is 11.9. The summed E-state index contributed by atoms with van der Waals surface area (Å²) in [5, 5.41) is 14.2. The van der Waals surface area contributed by atoms with Gasteiger partial charge in [-0.25, -0.2) is 4.79 Å². The molecule has 0 saturated heterocycles. The monoisotopic (exact) mass is 231 g/mol. The topological polar surface area (TPSA) is 81.7 Å². The maximum Gasteiger partial charge on any atom is 0.317 e. The molecule has 0 aromatic rings. The quantitative estimate of drug-likeness (QED) is 0.574. The fourth-order valence-electron chi connectivity index (χ4n) is 1.15. The zero-order valence-corrected chi connectivity index (χ0v) is 10.1. The Kier molecular flexibility index (Phi) is 7.28. The van der Waals surface area contributed by atoms with Crippen LogP contribution in [0.3, 0.4) is 0 Å². The number of carbonyl (C=O) groups excluding carboxylic acids is 1. The highest BCUT2D eigenvalue weighted by Crippen LogP contribution is 1.99. The number of nitrogens with zero attached hydrogens (tertiary/aromatic N) is 1. The summed E-state index contributed by atoms with van der Waals surface area (Å²) in [6, 6.07) is -0.174. The highest BCUT2D eigenvalue weighted by Gasteiger charge is 2.11. The van der Waals surface area contributed by atoms with Crippen molar-refractivity contribution in [2.75, 3.05) is 33.7 Å². The van der Waals surface area contributed by atoms with E-state index in [0.717, 1.165) is 6.54 Å². The van der Waals surface area contributed by atoms with Crippen molar-refractivity contribution in [3.05, 3.63) is 0 Å². The van der Waals surface area contributed by atoms with Gasteiger partial charge in [0.15, 0.2) is 0 Å². The SMILES string of the molecule is CNCCN(C)C(=O)NCC(C)CC(=O)O. The van der Waals surface area contributed by atoms with E-state index in [-0.39, 0.29) is 18.4 Å². The van der Waals surface area contributed by atoms with Gasteiger partial charge in [-0.05, 0) is 13.0 Å². The Bertz CT molecular complexity index is 233. The van der Waals surface area contributed by atoms with E-state index < -0.39 is 5.97 Å². The first-order valence-corrected chi connectivity index (χ1v) is 5.32. The molecule has 1 atom stereocenters. The molecule has 6 nitrogen and oxygen atoms in total. The molecule has 94 valence electrons. The zero-order chi connectivity index (χ0) is 12.6. The van der Waals surface area contributed by atoms with E-state index in [0.29, 0.717) is 13.1 Å². The summed E-state index contributed by atoms with van der Waals surface area (Å²) in [7, 11) is 3.52. The molecule has 0 heterocycles. The number of hydrogen-bond donors (Lipinski definition) is 3. The summed E-state index contributed by atoms with van der Waals surface area (Å²) in [5.41, 5.74) is 0. The lowest BCUT2D eigenvalue weighted by molar-refractivity contribution is -0.137. The minimum absolute atomic E-state index is 0.0563. The average Bonchev–Trinajstić information content (AvgIpc) is 2.21. The number of rotatable bonds is 7. The van der Waals surface area contributed by atoms with E-state index in [1.54, 1.807) is 18.9 Å². The molecule has 0 aliphatic rings. The first-order chi connectivity index (χ1) is 7.47. The molecule has 0 bridgehead atoms. The van der Waals surface area contributed by atoms with Crippen molar-refractivity contribution in [3.8, 4) is 0 Å². The van der Waals surface area contributed by atoms with Crippen LogP contribution in [-0.2, 0) is 4.79 Å². The standard InChI is InChI=1S/C10H21N3O3/c1-8(6-9(14)15)7-12-10(16)13(3)5-4-11-2/h8,11H,4-7H2,1-3H3,(H,12,16)(H,14,15). The summed E-state index contributed by atoms with van der Waals surface area (Å²) < 4.78 is 0. The van der Waals surface area contributed by atoms with Crippen LogP contribution < -0.4 is 10.6 Å². The number of hydrogen-bond acceptors (Lipinski definition) is 3. The van der Waals surface area contributed by atoms with Crippen LogP contribution in [0.4, 0.5) is 4.79 Å². The van der Waals surface area contributed by atoms with Crippen LogP contribution in [0.15, 0.2) is 0 Å². The predicted octanol–water partition coefficient (Wildman–Crippen LogP) is -0.0420. The van der Waals surface area contributed by atoms with Gasteiger partial charge >= 0.3 is 12.0 Å². The summed E-state index contributed by atoms with van der Waals surface area (Å²) in [6.07, 6.45) is 0.0700. The predicted molar refractivity (Wildman–Crippen MR) is 61.4 cm³/mol. The lowest BCUT2D eigenvalue weighted by atomic mass is 10.1. The number of nitrogens with one attached hydrogen (secondary N) is 2. The maximum absolute atomic E-state index is 11.5. The van der Waals surface area contributed by atoms with Gasteiger partial charge in [0.1, 0.15) is 0 Å². The van der Waals surface area contributed by atoms with Gasteiger partial charge in [-0.1, -0.05) is 6.92 Å². The number of amides is 2. The highest BCUT2D eigenvalue weighted by atomic mass is 16.4. The lowest BCUT2D eigenvalue weighted by Gasteiger charge is -2.19. The number of aliphatic carboxylic acids is 1. The van der Waals surface area contributed by atoms with E-state index in [1.807, 2.05) is 7.05 Å². The molecule has 16 heavy (non-hydrogen) atoms. The fourth-order valence-corrected chi connectivity index (χ4v) is 1.15. The third-order valence-electron chi connectivity index (χ3n) is 2.17. The summed E-state index contributed by atoms with van der Waals surface area (Å²) in [4.78, 5) is 23.4. The molecule has 3 N–H and O–H groups in total. The summed E-state index contributed by atoms with van der Waals surface area (Å²) in [5.74, 6) is -0.899. The smallest absolute Gasteiger partial charge is 0.317 e. The second kappa shape index (κ2) is 7.92.